The van der Waals surface area contributed by atoms with E-state index in [2.05, 4.69) is 10.6 Å². The number of rotatable bonds is 15. The Morgan fingerprint density at radius 2 is 1.72 bits per heavy atom. The van der Waals surface area contributed by atoms with Gasteiger partial charge in [-0.2, -0.15) is 8.78 Å². The number of halogens is 3. The molecule has 2 amide bonds. The molecular formula is C31H39ClF2N4O5. The van der Waals surface area contributed by atoms with E-state index in [1.165, 1.54) is 4.90 Å². The second kappa shape index (κ2) is 16.0. The lowest BCUT2D eigenvalue weighted by Gasteiger charge is -2.32. The maximum atomic E-state index is 15.1. The number of carbonyl (C=O) groups excluding carboxylic acids is 4. The van der Waals surface area contributed by atoms with Crippen LogP contribution in [-0.4, -0.2) is 86.2 Å². The lowest BCUT2D eigenvalue weighted by atomic mass is 9.94. The molecule has 234 valence electrons. The molecule has 0 saturated carbocycles. The van der Waals surface area contributed by atoms with Crippen LogP contribution in [0.3, 0.4) is 0 Å². The lowest BCUT2D eigenvalue weighted by molar-refractivity contribution is -0.160. The number of hydrogen-bond donors (Lipinski definition) is 2. The summed E-state index contributed by atoms with van der Waals surface area (Å²) in [5.41, 5.74) is 0.881. The number of ether oxygens (including phenoxy) is 1. The third-order valence-corrected chi connectivity index (χ3v) is 7.43. The summed E-state index contributed by atoms with van der Waals surface area (Å²) in [6.07, 6.45) is 0.0799. The Labute approximate surface area is 255 Å². The molecule has 1 unspecified atom stereocenters. The molecule has 1 fully saturated rings. The molecule has 1 aliphatic heterocycles. The zero-order valence-electron chi connectivity index (χ0n) is 24.7. The number of amides is 2. The van der Waals surface area contributed by atoms with Gasteiger partial charge in [-0.3, -0.25) is 29.0 Å². The number of morpholine rings is 1. The van der Waals surface area contributed by atoms with Crippen molar-refractivity contribution >= 4 is 40.7 Å². The van der Waals surface area contributed by atoms with Crippen LogP contribution in [0.4, 0.5) is 14.5 Å². The van der Waals surface area contributed by atoms with E-state index >= 15 is 8.78 Å². The van der Waals surface area contributed by atoms with E-state index in [1.807, 2.05) is 4.90 Å². The summed E-state index contributed by atoms with van der Waals surface area (Å²) in [5.74, 6) is -9.21. The number of alkyl halides is 2. The van der Waals surface area contributed by atoms with Gasteiger partial charge < -0.3 is 15.4 Å². The molecule has 1 aliphatic rings. The van der Waals surface area contributed by atoms with E-state index in [-0.39, 0.29) is 18.9 Å². The van der Waals surface area contributed by atoms with Crippen LogP contribution >= 0.6 is 11.6 Å². The minimum atomic E-state index is -4.32. The molecule has 43 heavy (non-hydrogen) atoms. The Kier molecular flexibility index (Phi) is 12.7. The first-order valence-electron chi connectivity index (χ1n) is 14.4. The highest BCUT2D eigenvalue weighted by atomic mass is 35.5. The molecule has 0 aromatic heterocycles. The van der Waals surface area contributed by atoms with Crippen LogP contribution in [0.25, 0.3) is 0 Å². The summed E-state index contributed by atoms with van der Waals surface area (Å²) in [7, 11) is 0. The number of Topliss-reactive ketones (excluding diaryl/α,β-unsaturated/α-hetero) is 2. The fraction of sp³-hybridized carbons (Fsp3) is 0.484. The Bertz CT molecular complexity index is 1260. The molecule has 2 aromatic rings. The minimum absolute atomic E-state index is 0.0521. The SMILES string of the molecule is CCC(=O)N(c1cccc(Cl)c1)C(C(=O)CN[C@H](C(=O)C(F)(F)C(=O)NCCN1CCOCC1)C(C)C)c1ccccc1. The average molecular weight is 621 g/mol. The Morgan fingerprint density at radius 3 is 2.33 bits per heavy atom. The van der Waals surface area contributed by atoms with Crippen LogP contribution in [0, 0.1) is 5.92 Å². The van der Waals surface area contributed by atoms with E-state index in [1.54, 1.807) is 75.4 Å². The average Bonchev–Trinajstić information content (AvgIpc) is 3.00. The third-order valence-electron chi connectivity index (χ3n) is 7.19. The van der Waals surface area contributed by atoms with Crippen molar-refractivity contribution in [2.45, 2.75) is 45.2 Å². The van der Waals surface area contributed by atoms with Crippen molar-refractivity contribution in [1.29, 1.82) is 0 Å². The van der Waals surface area contributed by atoms with E-state index in [0.717, 1.165) is 0 Å². The molecule has 0 bridgehead atoms. The van der Waals surface area contributed by atoms with E-state index in [0.29, 0.717) is 49.1 Å². The summed E-state index contributed by atoms with van der Waals surface area (Å²) in [4.78, 5) is 55.7. The summed E-state index contributed by atoms with van der Waals surface area (Å²) >= 11 is 6.20. The van der Waals surface area contributed by atoms with Gasteiger partial charge in [0.2, 0.25) is 11.7 Å². The first-order valence-corrected chi connectivity index (χ1v) is 14.7. The molecule has 12 heteroatoms. The Balaban J connectivity index is 1.78. The number of hydrogen-bond acceptors (Lipinski definition) is 7. The van der Waals surface area contributed by atoms with Crippen LogP contribution in [0.15, 0.2) is 54.6 Å². The van der Waals surface area contributed by atoms with Crippen molar-refractivity contribution in [3.05, 3.63) is 65.2 Å². The van der Waals surface area contributed by atoms with Crippen molar-refractivity contribution in [3.63, 3.8) is 0 Å². The largest absolute Gasteiger partial charge is 0.383 e. The van der Waals surface area contributed by atoms with Gasteiger partial charge in [0.25, 0.3) is 5.91 Å². The highest BCUT2D eigenvalue weighted by Gasteiger charge is 2.50. The van der Waals surface area contributed by atoms with Gasteiger partial charge in [0.15, 0.2) is 5.78 Å². The van der Waals surface area contributed by atoms with Crippen molar-refractivity contribution in [1.82, 2.24) is 15.5 Å². The van der Waals surface area contributed by atoms with Gasteiger partial charge in [-0.25, -0.2) is 0 Å². The molecule has 0 spiro atoms. The molecule has 2 N–H and O–H groups in total. The highest BCUT2D eigenvalue weighted by Crippen LogP contribution is 2.31. The summed E-state index contributed by atoms with van der Waals surface area (Å²) in [6, 6.07) is 12.4. The lowest BCUT2D eigenvalue weighted by Crippen LogP contribution is -2.57. The monoisotopic (exact) mass is 620 g/mol. The standard InChI is InChI=1S/C31H39ClF2N4O5/c1-4-26(40)38(24-12-8-11-23(32)19-24)28(22-9-6-5-7-10-22)25(39)20-36-27(21(2)3)29(41)31(33,34)30(42)35-13-14-37-15-17-43-18-16-37/h5-12,19,21,27-28,36H,4,13-18,20H2,1-3H3,(H,35,42)/t27-,28?/m0/s1. The van der Waals surface area contributed by atoms with E-state index < -0.39 is 47.9 Å². The fourth-order valence-electron chi connectivity index (χ4n) is 4.86. The second-order valence-corrected chi connectivity index (χ2v) is 11.1. The van der Waals surface area contributed by atoms with Crippen LogP contribution in [0.5, 0.6) is 0 Å². The molecular weight excluding hydrogens is 582 g/mol. The third kappa shape index (κ3) is 9.12. The molecule has 2 aromatic carbocycles. The molecule has 1 saturated heterocycles. The molecule has 2 atom stereocenters. The molecule has 9 nitrogen and oxygen atoms in total. The van der Waals surface area contributed by atoms with Gasteiger partial charge in [0.05, 0.1) is 25.8 Å². The van der Waals surface area contributed by atoms with Gasteiger partial charge in [-0.1, -0.05) is 68.8 Å². The predicted octanol–water partition coefficient (Wildman–Crippen LogP) is 3.66. The zero-order chi connectivity index (χ0) is 31.6. The number of nitrogens with one attached hydrogen (secondary N) is 2. The molecule has 1 heterocycles. The van der Waals surface area contributed by atoms with Crippen LogP contribution in [0.2, 0.25) is 5.02 Å². The quantitative estimate of drug-likeness (QED) is 0.293. The van der Waals surface area contributed by atoms with Gasteiger partial charge >= 0.3 is 5.92 Å². The van der Waals surface area contributed by atoms with Crippen molar-refractivity contribution < 1.29 is 32.7 Å². The van der Waals surface area contributed by atoms with Gasteiger partial charge in [0.1, 0.15) is 6.04 Å². The van der Waals surface area contributed by atoms with Crippen LogP contribution < -0.4 is 15.5 Å². The smallest absolute Gasteiger partial charge is 0.379 e. The maximum absolute atomic E-state index is 15.1. The van der Waals surface area contributed by atoms with Crippen LogP contribution in [-0.2, 0) is 23.9 Å². The van der Waals surface area contributed by atoms with E-state index in [9.17, 15) is 19.2 Å². The summed E-state index contributed by atoms with van der Waals surface area (Å²) < 4.78 is 35.4. The topological polar surface area (TPSA) is 108 Å². The number of ketones is 2. The zero-order valence-corrected chi connectivity index (χ0v) is 25.4. The number of carbonyl (C=O) groups is 4. The minimum Gasteiger partial charge on any atom is -0.379 e. The molecule has 0 aliphatic carbocycles. The number of anilines is 1. The predicted molar refractivity (Wildman–Crippen MR) is 160 cm³/mol. The summed E-state index contributed by atoms with van der Waals surface area (Å²) in [5, 5.41) is 5.19. The Hall–Kier alpha value is -3.25. The van der Waals surface area contributed by atoms with Crippen molar-refractivity contribution in [3.8, 4) is 0 Å². The molecule has 0 radical (unpaired) electrons. The van der Waals surface area contributed by atoms with Gasteiger partial charge in [0, 0.05) is 43.3 Å². The number of nitrogens with zero attached hydrogens (tertiary/aromatic N) is 2. The number of benzene rings is 2. The van der Waals surface area contributed by atoms with Crippen LogP contribution in [0.1, 0.15) is 38.8 Å². The maximum Gasteiger partial charge on any atom is 0.383 e. The Morgan fingerprint density at radius 1 is 1.05 bits per heavy atom. The summed E-state index contributed by atoms with van der Waals surface area (Å²) in [6.45, 7) is 6.82. The van der Waals surface area contributed by atoms with Crippen molar-refractivity contribution in [2.75, 3.05) is 50.8 Å². The first-order chi connectivity index (χ1) is 20.5. The second-order valence-electron chi connectivity index (χ2n) is 10.6. The van der Waals surface area contributed by atoms with Gasteiger partial charge in [-0.05, 0) is 29.7 Å². The van der Waals surface area contributed by atoms with Crippen molar-refractivity contribution in [2.24, 2.45) is 5.92 Å². The highest BCUT2D eigenvalue weighted by molar-refractivity contribution is 6.31. The normalized spacial score (nSPS) is 15.5. The first kappa shape index (κ1) is 34.2. The van der Waals surface area contributed by atoms with Gasteiger partial charge in [-0.15, -0.1) is 0 Å². The van der Waals surface area contributed by atoms with E-state index in [4.69, 9.17) is 16.3 Å². The molecule has 3 rings (SSSR count). The fourth-order valence-corrected chi connectivity index (χ4v) is 5.04.